The van der Waals surface area contributed by atoms with Crippen LogP contribution in [0.2, 0.25) is 0 Å². The summed E-state index contributed by atoms with van der Waals surface area (Å²) in [5.74, 6) is 4.67. The van der Waals surface area contributed by atoms with Crippen molar-refractivity contribution in [1.29, 1.82) is 0 Å². The highest BCUT2D eigenvalue weighted by Gasteiger charge is 2.28. The minimum atomic E-state index is 0.608. The van der Waals surface area contributed by atoms with E-state index in [9.17, 15) is 0 Å². The number of hydrogen-bond donors (Lipinski definition) is 1. The number of hydrogen-bond acceptors (Lipinski definition) is 4. The van der Waals surface area contributed by atoms with Gasteiger partial charge in [-0.25, -0.2) is 9.97 Å². The lowest BCUT2D eigenvalue weighted by Crippen LogP contribution is -2.26. The van der Waals surface area contributed by atoms with Crippen LogP contribution >= 0.6 is 0 Å². The number of anilines is 2. The van der Waals surface area contributed by atoms with Crippen LogP contribution in [0, 0.1) is 5.92 Å². The molecule has 1 aliphatic carbocycles. The summed E-state index contributed by atoms with van der Waals surface area (Å²) in [5, 5.41) is 3.20. The fraction of sp³-hybridized carbons (Fsp3) is 0.765. The van der Waals surface area contributed by atoms with Gasteiger partial charge < -0.3 is 10.2 Å². The Bertz CT molecular complexity index is 470. The first-order valence-corrected chi connectivity index (χ1v) is 8.61. The summed E-state index contributed by atoms with van der Waals surface area (Å²) in [6.07, 6.45) is 9.19. The second-order valence-electron chi connectivity index (χ2n) is 6.57. The molecule has 0 bridgehead atoms. The molecule has 1 atom stereocenters. The van der Waals surface area contributed by atoms with Crippen molar-refractivity contribution in [3.05, 3.63) is 11.9 Å². The highest BCUT2D eigenvalue weighted by Crippen LogP contribution is 2.39. The van der Waals surface area contributed by atoms with Crippen molar-refractivity contribution in [1.82, 2.24) is 9.97 Å². The SMILES string of the molecule is CCCC1CCCN(c2cc(NC)nc(C3CC3)n2)CC1. The van der Waals surface area contributed by atoms with Crippen LogP contribution in [-0.4, -0.2) is 30.1 Å². The summed E-state index contributed by atoms with van der Waals surface area (Å²) in [5.41, 5.74) is 0. The van der Waals surface area contributed by atoms with Gasteiger partial charge in [0.05, 0.1) is 0 Å². The number of nitrogens with one attached hydrogen (secondary N) is 1. The highest BCUT2D eigenvalue weighted by molar-refractivity contribution is 5.49. The van der Waals surface area contributed by atoms with Gasteiger partial charge in [0.1, 0.15) is 17.5 Å². The molecule has 2 fully saturated rings. The fourth-order valence-corrected chi connectivity index (χ4v) is 3.36. The third-order valence-electron chi connectivity index (χ3n) is 4.80. The zero-order valence-corrected chi connectivity index (χ0v) is 13.4. The van der Waals surface area contributed by atoms with Crippen molar-refractivity contribution in [2.24, 2.45) is 5.92 Å². The molecule has 4 heteroatoms. The average Bonchev–Trinajstić information content (AvgIpc) is 3.34. The molecule has 1 saturated carbocycles. The first-order chi connectivity index (χ1) is 10.3. The van der Waals surface area contributed by atoms with Crippen LogP contribution < -0.4 is 10.2 Å². The molecule has 1 unspecified atom stereocenters. The van der Waals surface area contributed by atoms with Crippen LogP contribution in [0.4, 0.5) is 11.6 Å². The summed E-state index contributed by atoms with van der Waals surface area (Å²) in [6, 6.07) is 2.12. The molecule has 0 spiro atoms. The van der Waals surface area contributed by atoms with Crippen LogP contribution in [0.1, 0.15) is 63.6 Å². The average molecular weight is 288 g/mol. The minimum Gasteiger partial charge on any atom is -0.373 e. The van der Waals surface area contributed by atoms with E-state index in [1.807, 2.05) is 7.05 Å². The van der Waals surface area contributed by atoms with Gasteiger partial charge in [-0.3, -0.25) is 0 Å². The van der Waals surface area contributed by atoms with Crippen molar-refractivity contribution in [3.63, 3.8) is 0 Å². The third-order valence-corrected chi connectivity index (χ3v) is 4.80. The van der Waals surface area contributed by atoms with Crippen molar-refractivity contribution in [2.45, 2.75) is 57.8 Å². The topological polar surface area (TPSA) is 41.0 Å². The predicted octanol–water partition coefficient (Wildman–Crippen LogP) is 3.80. The molecule has 21 heavy (non-hydrogen) atoms. The summed E-state index contributed by atoms with van der Waals surface area (Å²) >= 11 is 0. The van der Waals surface area contributed by atoms with Gasteiger partial charge in [0, 0.05) is 32.1 Å². The molecule has 116 valence electrons. The van der Waals surface area contributed by atoms with E-state index in [-0.39, 0.29) is 0 Å². The van der Waals surface area contributed by atoms with Crippen molar-refractivity contribution < 1.29 is 0 Å². The number of rotatable bonds is 5. The monoisotopic (exact) mass is 288 g/mol. The Morgan fingerprint density at radius 3 is 2.76 bits per heavy atom. The molecule has 3 rings (SSSR count). The normalized spacial score (nSPS) is 23.0. The van der Waals surface area contributed by atoms with Crippen molar-refractivity contribution >= 4 is 11.6 Å². The Morgan fingerprint density at radius 1 is 1.19 bits per heavy atom. The lowest BCUT2D eigenvalue weighted by molar-refractivity contribution is 0.435. The molecule has 4 nitrogen and oxygen atoms in total. The molecular formula is C17H28N4. The molecular weight excluding hydrogens is 260 g/mol. The first-order valence-electron chi connectivity index (χ1n) is 8.61. The molecule has 1 aliphatic heterocycles. The summed E-state index contributed by atoms with van der Waals surface area (Å²) in [7, 11) is 1.95. The summed E-state index contributed by atoms with van der Waals surface area (Å²) in [4.78, 5) is 12.0. The maximum Gasteiger partial charge on any atom is 0.136 e. The van der Waals surface area contributed by atoms with Crippen LogP contribution in [0.3, 0.4) is 0 Å². The fourth-order valence-electron chi connectivity index (χ4n) is 3.36. The van der Waals surface area contributed by atoms with Crippen LogP contribution in [0.25, 0.3) is 0 Å². The van der Waals surface area contributed by atoms with Crippen molar-refractivity contribution in [2.75, 3.05) is 30.4 Å². The Balaban J connectivity index is 1.74. The highest BCUT2D eigenvalue weighted by atomic mass is 15.2. The van der Waals surface area contributed by atoms with E-state index in [0.29, 0.717) is 5.92 Å². The van der Waals surface area contributed by atoms with Gasteiger partial charge in [-0.15, -0.1) is 0 Å². The molecule has 0 aromatic carbocycles. The molecule has 2 heterocycles. The lowest BCUT2D eigenvalue weighted by Gasteiger charge is -2.22. The van der Waals surface area contributed by atoms with Gasteiger partial charge in [0.15, 0.2) is 0 Å². The van der Waals surface area contributed by atoms with Gasteiger partial charge in [0.2, 0.25) is 0 Å². The molecule has 1 N–H and O–H groups in total. The van der Waals surface area contributed by atoms with Gasteiger partial charge in [-0.1, -0.05) is 19.8 Å². The molecule has 0 radical (unpaired) electrons. The van der Waals surface area contributed by atoms with Crippen molar-refractivity contribution in [3.8, 4) is 0 Å². The zero-order valence-electron chi connectivity index (χ0n) is 13.4. The predicted molar refractivity (Wildman–Crippen MR) is 88.0 cm³/mol. The Morgan fingerprint density at radius 2 is 2.05 bits per heavy atom. The van der Waals surface area contributed by atoms with E-state index in [2.05, 4.69) is 28.2 Å². The van der Waals surface area contributed by atoms with Gasteiger partial charge in [-0.2, -0.15) is 0 Å². The standard InChI is InChI=1S/C17H28N4/c1-3-5-13-6-4-10-21(11-9-13)16-12-15(18-2)19-17(20-16)14-7-8-14/h12-14H,3-11H2,1-2H3,(H,18,19,20). The van der Waals surface area contributed by atoms with Crippen LogP contribution in [-0.2, 0) is 0 Å². The van der Waals surface area contributed by atoms with Gasteiger partial charge in [0.25, 0.3) is 0 Å². The van der Waals surface area contributed by atoms with E-state index >= 15 is 0 Å². The summed E-state index contributed by atoms with van der Waals surface area (Å²) < 4.78 is 0. The van der Waals surface area contributed by atoms with E-state index in [1.165, 1.54) is 44.9 Å². The van der Waals surface area contributed by atoms with Crippen LogP contribution in [0.15, 0.2) is 6.07 Å². The first kappa shape index (κ1) is 14.6. The van der Waals surface area contributed by atoms with E-state index < -0.39 is 0 Å². The van der Waals surface area contributed by atoms with E-state index in [4.69, 9.17) is 4.98 Å². The van der Waals surface area contributed by atoms with Crippen LogP contribution in [0.5, 0.6) is 0 Å². The Kier molecular flexibility index (Phi) is 4.61. The maximum absolute atomic E-state index is 4.85. The lowest BCUT2D eigenvalue weighted by atomic mass is 9.96. The second kappa shape index (κ2) is 6.63. The molecule has 1 aromatic heterocycles. The molecule has 1 saturated heterocycles. The molecule has 1 aromatic rings. The second-order valence-corrected chi connectivity index (χ2v) is 6.57. The Labute approximate surface area is 128 Å². The van der Waals surface area contributed by atoms with E-state index in [1.54, 1.807) is 0 Å². The zero-order chi connectivity index (χ0) is 14.7. The number of nitrogens with zero attached hydrogens (tertiary/aromatic N) is 3. The smallest absolute Gasteiger partial charge is 0.136 e. The molecule has 0 amide bonds. The largest absolute Gasteiger partial charge is 0.373 e. The Hall–Kier alpha value is -1.32. The number of aromatic nitrogens is 2. The van der Waals surface area contributed by atoms with E-state index in [0.717, 1.165) is 36.5 Å². The molecule has 2 aliphatic rings. The maximum atomic E-state index is 4.85. The van der Waals surface area contributed by atoms with Gasteiger partial charge in [-0.05, 0) is 38.0 Å². The quantitative estimate of drug-likeness (QED) is 0.894. The van der Waals surface area contributed by atoms with Gasteiger partial charge >= 0.3 is 0 Å². The third kappa shape index (κ3) is 3.66. The minimum absolute atomic E-state index is 0.608. The summed E-state index contributed by atoms with van der Waals surface area (Å²) in [6.45, 7) is 4.59.